The summed E-state index contributed by atoms with van der Waals surface area (Å²) in [7, 11) is 0. The van der Waals surface area contributed by atoms with Crippen molar-refractivity contribution in [3.63, 3.8) is 0 Å². The quantitative estimate of drug-likeness (QED) is 0.679. The van der Waals surface area contributed by atoms with Crippen LogP contribution in [0.4, 0.5) is 0 Å². The maximum atomic E-state index is 11.7. The van der Waals surface area contributed by atoms with Crippen LogP contribution in [-0.2, 0) is 4.79 Å². The number of amides is 1. The molecule has 4 heteroatoms. The van der Waals surface area contributed by atoms with Crippen LogP contribution in [0.3, 0.4) is 0 Å². The molecule has 0 atom stereocenters. The number of carbonyl (C=O) groups excluding carboxylic acids is 1. The van der Waals surface area contributed by atoms with Gasteiger partial charge in [-0.25, -0.2) is 5.43 Å². The fraction of sp³-hybridized carbons (Fsp3) is 0.263. The lowest BCUT2D eigenvalue weighted by Crippen LogP contribution is -2.24. The number of hydrazone groups is 1. The van der Waals surface area contributed by atoms with Gasteiger partial charge >= 0.3 is 0 Å². The van der Waals surface area contributed by atoms with Crippen LogP contribution in [0, 0.1) is 27.7 Å². The number of rotatable bonds is 5. The van der Waals surface area contributed by atoms with Crippen LogP contribution in [0.15, 0.2) is 41.5 Å². The van der Waals surface area contributed by atoms with Crippen molar-refractivity contribution < 1.29 is 9.53 Å². The fourth-order valence-corrected chi connectivity index (χ4v) is 2.38. The van der Waals surface area contributed by atoms with Crippen molar-refractivity contribution in [2.45, 2.75) is 27.7 Å². The van der Waals surface area contributed by atoms with Crippen LogP contribution >= 0.6 is 0 Å². The van der Waals surface area contributed by atoms with Gasteiger partial charge in [-0.15, -0.1) is 0 Å². The molecule has 0 bridgehead atoms. The van der Waals surface area contributed by atoms with Gasteiger partial charge in [-0.3, -0.25) is 4.79 Å². The number of hydrogen-bond acceptors (Lipinski definition) is 3. The summed E-state index contributed by atoms with van der Waals surface area (Å²) in [6, 6.07) is 11.7. The standard InChI is InChI=1S/C19H22N2O2/c1-13-5-7-17(8-6-13)23-12-19(22)21-20-11-18-15(3)9-14(2)10-16(18)4/h5-11H,12H2,1-4H3,(H,21,22)/b20-11+. The van der Waals surface area contributed by atoms with Crippen LogP contribution in [-0.4, -0.2) is 18.7 Å². The molecule has 0 saturated carbocycles. The van der Waals surface area contributed by atoms with Gasteiger partial charge in [-0.2, -0.15) is 5.10 Å². The predicted octanol–water partition coefficient (Wildman–Crippen LogP) is 3.45. The van der Waals surface area contributed by atoms with Crippen molar-refractivity contribution in [3.8, 4) is 5.75 Å². The highest BCUT2D eigenvalue weighted by atomic mass is 16.5. The van der Waals surface area contributed by atoms with E-state index in [2.05, 4.69) is 29.6 Å². The zero-order valence-electron chi connectivity index (χ0n) is 14.0. The molecular weight excluding hydrogens is 288 g/mol. The summed E-state index contributed by atoms with van der Waals surface area (Å²) in [5.41, 5.74) is 8.15. The van der Waals surface area contributed by atoms with Gasteiger partial charge < -0.3 is 4.74 Å². The summed E-state index contributed by atoms with van der Waals surface area (Å²) in [6.07, 6.45) is 1.67. The van der Waals surface area contributed by atoms with Crippen LogP contribution < -0.4 is 10.2 Å². The molecule has 4 nitrogen and oxygen atoms in total. The lowest BCUT2D eigenvalue weighted by molar-refractivity contribution is -0.123. The Morgan fingerprint density at radius 3 is 2.26 bits per heavy atom. The van der Waals surface area contributed by atoms with Crippen LogP contribution in [0.5, 0.6) is 5.75 Å². The topological polar surface area (TPSA) is 50.7 Å². The first-order valence-electron chi connectivity index (χ1n) is 7.55. The highest BCUT2D eigenvalue weighted by Gasteiger charge is 2.03. The second-order valence-corrected chi connectivity index (χ2v) is 5.71. The summed E-state index contributed by atoms with van der Waals surface area (Å²) in [5, 5.41) is 4.01. The molecule has 23 heavy (non-hydrogen) atoms. The Balaban J connectivity index is 1.88. The molecule has 2 aromatic rings. The Morgan fingerprint density at radius 1 is 1.04 bits per heavy atom. The molecule has 0 spiro atoms. The molecule has 0 fully saturated rings. The van der Waals surface area contributed by atoms with Crippen LogP contribution in [0.25, 0.3) is 0 Å². The molecule has 0 saturated heterocycles. The minimum absolute atomic E-state index is 0.0632. The zero-order valence-corrected chi connectivity index (χ0v) is 14.0. The lowest BCUT2D eigenvalue weighted by atomic mass is 10.0. The number of carbonyl (C=O) groups is 1. The Morgan fingerprint density at radius 2 is 1.65 bits per heavy atom. The first kappa shape index (κ1) is 16.7. The monoisotopic (exact) mass is 310 g/mol. The second kappa shape index (κ2) is 7.58. The summed E-state index contributed by atoms with van der Waals surface area (Å²) in [5.74, 6) is 0.379. The van der Waals surface area contributed by atoms with Gasteiger partial charge in [-0.1, -0.05) is 35.4 Å². The molecule has 1 amide bonds. The van der Waals surface area contributed by atoms with Gasteiger partial charge in [-0.05, 0) is 51.0 Å². The number of nitrogens with one attached hydrogen (secondary N) is 1. The summed E-state index contributed by atoms with van der Waals surface area (Å²) in [4.78, 5) is 11.7. The molecule has 0 aromatic heterocycles. The Bertz CT molecular complexity index is 696. The van der Waals surface area contributed by atoms with E-state index in [0.29, 0.717) is 5.75 Å². The van der Waals surface area contributed by atoms with E-state index >= 15 is 0 Å². The van der Waals surface area contributed by atoms with Crippen molar-refractivity contribution in [2.24, 2.45) is 5.10 Å². The van der Waals surface area contributed by atoms with Crippen molar-refractivity contribution >= 4 is 12.1 Å². The lowest BCUT2D eigenvalue weighted by Gasteiger charge is -2.07. The SMILES string of the molecule is Cc1ccc(OCC(=O)N/N=C/c2c(C)cc(C)cc2C)cc1. The van der Waals surface area contributed by atoms with Gasteiger partial charge in [0.2, 0.25) is 0 Å². The third-order valence-electron chi connectivity index (χ3n) is 3.51. The number of benzene rings is 2. The maximum absolute atomic E-state index is 11.7. The van der Waals surface area contributed by atoms with E-state index in [1.54, 1.807) is 6.21 Å². The van der Waals surface area contributed by atoms with Crippen LogP contribution in [0.1, 0.15) is 27.8 Å². The normalized spacial score (nSPS) is 10.8. The van der Waals surface area contributed by atoms with Gasteiger partial charge in [0.05, 0.1) is 6.21 Å². The third kappa shape index (κ3) is 4.95. The van der Waals surface area contributed by atoms with E-state index in [9.17, 15) is 4.79 Å². The smallest absolute Gasteiger partial charge is 0.277 e. The molecule has 1 N–H and O–H groups in total. The summed E-state index contributed by atoms with van der Waals surface area (Å²) >= 11 is 0. The number of ether oxygens (including phenoxy) is 1. The first-order chi connectivity index (χ1) is 11.0. The number of aryl methyl sites for hydroxylation is 4. The van der Waals surface area contributed by atoms with Crippen molar-refractivity contribution in [2.75, 3.05) is 6.61 Å². The van der Waals surface area contributed by atoms with Crippen molar-refractivity contribution in [3.05, 3.63) is 64.2 Å². The maximum Gasteiger partial charge on any atom is 0.277 e. The average Bonchev–Trinajstić information content (AvgIpc) is 2.49. The minimum atomic E-state index is -0.288. The molecule has 2 rings (SSSR count). The molecule has 0 aliphatic heterocycles. The molecule has 0 aliphatic carbocycles. The molecular formula is C19H22N2O2. The highest BCUT2D eigenvalue weighted by molar-refractivity contribution is 5.85. The fourth-order valence-electron chi connectivity index (χ4n) is 2.38. The van der Waals surface area contributed by atoms with Crippen LogP contribution in [0.2, 0.25) is 0 Å². The third-order valence-corrected chi connectivity index (χ3v) is 3.51. The van der Waals surface area contributed by atoms with E-state index in [1.807, 2.05) is 45.0 Å². The number of hydrogen-bond donors (Lipinski definition) is 1. The molecule has 0 aliphatic rings. The molecule has 120 valence electrons. The average molecular weight is 310 g/mol. The first-order valence-corrected chi connectivity index (χ1v) is 7.55. The van der Waals surface area contributed by atoms with Gasteiger partial charge in [0.1, 0.15) is 5.75 Å². The predicted molar refractivity (Wildman–Crippen MR) is 93.1 cm³/mol. The molecule has 0 unspecified atom stereocenters. The van der Waals surface area contributed by atoms with Gasteiger partial charge in [0.15, 0.2) is 6.61 Å². The van der Waals surface area contributed by atoms with E-state index in [-0.39, 0.29) is 12.5 Å². The zero-order chi connectivity index (χ0) is 16.8. The van der Waals surface area contributed by atoms with E-state index < -0.39 is 0 Å². The van der Waals surface area contributed by atoms with Crippen molar-refractivity contribution in [1.29, 1.82) is 0 Å². The Kier molecular flexibility index (Phi) is 5.52. The largest absolute Gasteiger partial charge is 0.484 e. The number of nitrogens with zero attached hydrogens (tertiary/aromatic N) is 1. The minimum Gasteiger partial charge on any atom is -0.484 e. The Labute approximate surface area is 137 Å². The van der Waals surface area contributed by atoms with Gasteiger partial charge in [0.25, 0.3) is 5.91 Å². The Hall–Kier alpha value is -2.62. The van der Waals surface area contributed by atoms with E-state index in [1.165, 1.54) is 5.56 Å². The molecule has 2 aromatic carbocycles. The highest BCUT2D eigenvalue weighted by Crippen LogP contribution is 2.14. The van der Waals surface area contributed by atoms with Gasteiger partial charge in [0, 0.05) is 5.56 Å². The summed E-state index contributed by atoms with van der Waals surface area (Å²) in [6.45, 7) is 8.06. The van der Waals surface area contributed by atoms with E-state index in [0.717, 1.165) is 22.3 Å². The molecule has 0 radical (unpaired) electrons. The second-order valence-electron chi connectivity index (χ2n) is 5.71. The summed E-state index contributed by atoms with van der Waals surface area (Å²) < 4.78 is 5.40. The van der Waals surface area contributed by atoms with Crippen molar-refractivity contribution in [1.82, 2.24) is 5.43 Å². The molecule has 0 heterocycles. The van der Waals surface area contributed by atoms with E-state index in [4.69, 9.17) is 4.74 Å².